The summed E-state index contributed by atoms with van der Waals surface area (Å²) in [5.74, 6) is 0. The van der Waals surface area contributed by atoms with E-state index in [1.165, 1.54) is 0 Å². The normalized spacial score (nSPS) is 30.2. The van der Waals surface area contributed by atoms with Gasteiger partial charge in [-0.1, -0.05) is 6.92 Å². The molecule has 0 aromatic heterocycles. The molecule has 14 heavy (non-hydrogen) atoms. The summed E-state index contributed by atoms with van der Waals surface area (Å²) < 4.78 is 5.84. The first-order valence-corrected chi connectivity index (χ1v) is 5.58. The van der Waals surface area contributed by atoms with Gasteiger partial charge >= 0.3 is 0 Å². The van der Waals surface area contributed by atoms with E-state index in [1.807, 2.05) is 0 Å². The lowest BCUT2D eigenvalue weighted by Gasteiger charge is -2.42. The zero-order valence-electron chi connectivity index (χ0n) is 9.92. The fourth-order valence-electron chi connectivity index (χ4n) is 2.19. The van der Waals surface area contributed by atoms with Crippen molar-refractivity contribution in [3.8, 4) is 0 Å². The Balaban J connectivity index is 2.45. The van der Waals surface area contributed by atoms with E-state index in [0.29, 0.717) is 12.1 Å². The first-order chi connectivity index (χ1) is 6.43. The molecule has 0 radical (unpaired) electrons. The molecule has 3 heteroatoms. The quantitative estimate of drug-likeness (QED) is 0.744. The van der Waals surface area contributed by atoms with Crippen LogP contribution < -0.4 is 5.73 Å². The third-order valence-electron chi connectivity index (χ3n) is 2.66. The highest BCUT2D eigenvalue weighted by Crippen LogP contribution is 2.20. The average Bonchev–Trinajstić information content (AvgIpc) is 1.99. The van der Waals surface area contributed by atoms with Gasteiger partial charge in [-0.05, 0) is 27.2 Å². The van der Waals surface area contributed by atoms with Crippen LogP contribution in [0.5, 0.6) is 0 Å². The van der Waals surface area contributed by atoms with Gasteiger partial charge in [-0.15, -0.1) is 0 Å². The Morgan fingerprint density at radius 2 is 2.21 bits per heavy atom. The molecule has 1 aliphatic heterocycles. The Bertz CT molecular complexity index is 182. The van der Waals surface area contributed by atoms with E-state index >= 15 is 0 Å². The molecule has 0 bridgehead atoms. The van der Waals surface area contributed by atoms with Crippen molar-refractivity contribution in [3.63, 3.8) is 0 Å². The summed E-state index contributed by atoms with van der Waals surface area (Å²) in [5.41, 5.74) is 5.93. The molecule has 1 rings (SSSR count). The summed E-state index contributed by atoms with van der Waals surface area (Å²) in [7, 11) is 0. The average molecular weight is 200 g/mol. The summed E-state index contributed by atoms with van der Waals surface area (Å²) in [4.78, 5) is 2.42. The molecule has 0 aliphatic carbocycles. The van der Waals surface area contributed by atoms with Crippen molar-refractivity contribution in [2.75, 3.05) is 19.6 Å². The highest BCUT2D eigenvalue weighted by atomic mass is 16.5. The predicted octanol–water partition coefficient (Wildman–Crippen LogP) is 1.22. The molecule has 0 spiro atoms. The van der Waals surface area contributed by atoms with E-state index in [0.717, 1.165) is 26.1 Å². The van der Waals surface area contributed by atoms with Crippen LogP contribution in [0.1, 0.15) is 34.1 Å². The number of ether oxygens (including phenoxy) is 1. The molecule has 1 saturated heterocycles. The summed E-state index contributed by atoms with van der Waals surface area (Å²) in [6, 6.07) is 0.302. The molecule has 1 fully saturated rings. The molecule has 0 aromatic carbocycles. The van der Waals surface area contributed by atoms with Crippen LogP contribution >= 0.6 is 0 Å². The first-order valence-electron chi connectivity index (χ1n) is 5.58. The van der Waals surface area contributed by atoms with E-state index in [1.54, 1.807) is 0 Å². The van der Waals surface area contributed by atoms with Crippen molar-refractivity contribution in [2.24, 2.45) is 5.73 Å². The maximum atomic E-state index is 5.96. The van der Waals surface area contributed by atoms with Gasteiger partial charge < -0.3 is 10.5 Å². The van der Waals surface area contributed by atoms with Crippen LogP contribution in [0.25, 0.3) is 0 Å². The number of hydrogen-bond donors (Lipinski definition) is 1. The highest BCUT2D eigenvalue weighted by molar-refractivity contribution is 4.83. The molecule has 1 heterocycles. The second-order valence-corrected chi connectivity index (χ2v) is 5.05. The van der Waals surface area contributed by atoms with Gasteiger partial charge in [0.2, 0.25) is 0 Å². The number of hydrogen-bond acceptors (Lipinski definition) is 3. The Morgan fingerprint density at radius 1 is 1.57 bits per heavy atom. The van der Waals surface area contributed by atoms with Gasteiger partial charge in [0.25, 0.3) is 0 Å². The van der Waals surface area contributed by atoms with Crippen molar-refractivity contribution < 1.29 is 4.74 Å². The zero-order valence-corrected chi connectivity index (χ0v) is 9.92. The fraction of sp³-hybridized carbons (Fsp3) is 1.00. The van der Waals surface area contributed by atoms with E-state index in [9.17, 15) is 0 Å². The molecule has 0 aromatic rings. The van der Waals surface area contributed by atoms with Gasteiger partial charge in [0.1, 0.15) is 0 Å². The molecule has 2 N–H and O–H groups in total. The van der Waals surface area contributed by atoms with E-state index < -0.39 is 0 Å². The maximum absolute atomic E-state index is 5.96. The van der Waals surface area contributed by atoms with Crippen molar-refractivity contribution in [2.45, 2.75) is 51.9 Å². The molecule has 2 atom stereocenters. The summed E-state index contributed by atoms with van der Waals surface area (Å²) >= 11 is 0. The Labute approximate surface area is 87.6 Å². The summed E-state index contributed by atoms with van der Waals surface area (Å²) in [6.45, 7) is 11.6. The van der Waals surface area contributed by atoms with Crippen molar-refractivity contribution >= 4 is 0 Å². The third kappa shape index (κ3) is 3.56. The molecule has 0 amide bonds. The number of nitrogens with zero attached hydrogens (tertiary/aromatic N) is 1. The molecular weight excluding hydrogens is 176 g/mol. The smallest absolute Gasteiger partial charge is 0.0757 e. The molecular formula is C11H24N2O. The second-order valence-electron chi connectivity index (χ2n) is 5.05. The standard InChI is InChI=1S/C11H24N2O/c1-5-10(12)7-13-6-9(2)14-11(3,4)8-13/h9-10H,5-8,12H2,1-4H3/t9?,10-/m0/s1. The lowest BCUT2D eigenvalue weighted by atomic mass is 10.0. The van der Waals surface area contributed by atoms with Gasteiger partial charge in [-0.2, -0.15) is 0 Å². The molecule has 1 unspecified atom stereocenters. The number of nitrogens with two attached hydrogens (primary N) is 1. The van der Waals surface area contributed by atoms with Crippen molar-refractivity contribution in [1.29, 1.82) is 0 Å². The summed E-state index contributed by atoms with van der Waals surface area (Å²) in [6.07, 6.45) is 1.37. The minimum absolute atomic E-state index is 0.0227. The van der Waals surface area contributed by atoms with E-state index in [2.05, 4.69) is 32.6 Å². The topological polar surface area (TPSA) is 38.5 Å². The van der Waals surface area contributed by atoms with Crippen LogP contribution in [0.4, 0.5) is 0 Å². The van der Waals surface area contributed by atoms with Crippen LogP contribution in [-0.2, 0) is 4.74 Å². The van der Waals surface area contributed by atoms with Gasteiger partial charge in [-0.3, -0.25) is 4.90 Å². The van der Waals surface area contributed by atoms with Gasteiger partial charge in [-0.25, -0.2) is 0 Å². The van der Waals surface area contributed by atoms with Crippen LogP contribution in [0.2, 0.25) is 0 Å². The van der Waals surface area contributed by atoms with Crippen molar-refractivity contribution in [1.82, 2.24) is 4.90 Å². The molecule has 3 nitrogen and oxygen atoms in total. The van der Waals surface area contributed by atoms with Crippen LogP contribution in [-0.4, -0.2) is 42.3 Å². The fourth-order valence-corrected chi connectivity index (χ4v) is 2.19. The van der Waals surface area contributed by atoms with E-state index in [-0.39, 0.29) is 5.60 Å². The number of morpholine rings is 1. The lowest BCUT2D eigenvalue weighted by molar-refractivity contribution is -0.129. The molecule has 0 saturated carbocycles. The van der Waals surface area contributed by atoms with Gasteiger partial charge in [0.15, 0.2) is 0 Å². The minimum atomic E-state index is -0.0227. The lowest BCUT2D eigenvalue weighted by Crippen LogP contribution is -2.54. The zero-order chi connectivity index (χ0) is 10.8. The monoisotopic (exact) mass is 200 g/mol. The highest BCUT2D eigenvalue weighted by Gasteiger charge is 2.31. The SMILES string of the molecule is CC[C@H](N)CN1CC(C)OC(C)(C)C1. The molecule has 1 aliphatic rings. The van der Waals surface area contributed by atoms with Crippen LogP contribution in [0.3, 0.4) is 0 Å². The van der Waals surface area contributed by atoms with Crippen molar-refractivity contribution in [3.05, 3.63) is 0 Å². The Morgan fingerprint density at radius 3 is 2.71 bits per heavy atom. The second kappa shape index (κ2) is 4.60. The van der Waals surface area contributed by atoms with Crippen LogP contribution in [0, 0.1) is 0 Å². The van der Waals surface area contributed by atoms with Gasteiger partial charge in [0.05, 0.1) is 11.7 Å². The Kier molecular flexibility index (Phi) is 3.93. The number of rotatable bonds is 3. The Hall–Kier alpha value is -0.120. The molecule has 84 valence electrons. The predicted molar refractivity (Wildman–Crippen MR) is 59.3 cm³/mol. The van der Waals surface area contributed by atoms with Gasteiger partial charge in [0, 0.05) is 25.7 Å². The largest absolute Gasteiger partial charge is 0.370 e. The maximum Gasteiger partial charge on any atom is 0.0757 e. The third-order valence-corrected chi connectivity index (χ3v) is 2.66. The summed E-state index contributed by atoms with van der Waals surface area (Å²) in [5, 5.41) is 0. The first kappa shape index (κ1) is 12.0. The minimum Gasteiger partial charge on any atom is -0.370 e. The van der Waals surface area contributed by atoms with E-state index in [4.69, 9.17) is 10.5 Å². The van der Waals surface area contributed by atoms with Crippen LogP contribution in [0.15, 0.2) is 0 Å².